The van der Waals surface area contributed by atoms with Crippen molar-refractivity contribution in [2.75, 3.05) is 31.6 Å². The van der Waals surface area contributed by atoms with E-state index >= 15 is 0 Å². The molecule has 0 spiro atoms. The second kappa shape index (κ2) is 5.09. The van der Waals surface area contributed by atoms with Crippen LogP contribution < -0.4 is 5.73 Å². The van der Waals surface area contributed by atoms with Gasteiger partial charge in [-0.1, -0.05) is 0 Å². The minimum atomic E-state index is -2.74. The lowest BCUT2D eigenvalue weighted by atomic mass is 10.2. The maximum atomic E-state index is 11.2. The fraction of sp³-hybridized carbons (Fsp3) is 1.00. The Balaban J connectivity index is 2.29. The molecular formula is C9H20N2O2S. The smallest absolute Gasteiger partial charge is 0.151 e. The van der Waals surface area contributed by atoms with Crippen molar-refractivity contribution in [3.05, 3.63) is 0 Å². The number of nitrogens with zero attached hydrogens (tertiary/aromatic N) is 1. The zero-order valence-electron chi connectivity index (χ0n) is 8.78. The third-order valence-corrected chi connectivity index (χ3v) is 4.55. The topological polar surface area (TPSA) is 63.4 Å². The number of nitrogens with two attached hydrogens (primary N) is 1. The molecule has 1 aliphatic heterocycles. The third-order valence-electron chi connectivity index (χ3n) is 2.80. The Morgan fingerprint density at radius 3 is 2.64 bits per heavy atom. The van der Waals surface area contributed by atoms with Gasteiger partial charge in [-0.25, -0.2) is 8.42 Å². The fourth-order valence-corrected chi connectivity index (χ4v) is 3.62. The Bertz CT molecular complexity index is 264. The number of hydrogen-bond acceptors (Lipinski definition) is 4. The zero-order valence-corrected chi connectivity index (χ0v) is 9.59. The highest BCUT2D eigenvalue weighted by molar-refractivity contribution is 7.91. The van der Waals surface area contributed by atoms with E-state index in [0.29, 0.717) is 11.5 Å². The molecule has 1 heterocycles. The molecule has 14 heavy (non-hydrogen) atoms. The Morgan fingerprint density at radius 2 is 2.14 bits per heavy atom. The average Bonchev–Trinajstić information content (AvgIpc) is 2.46. The Kier molecular flexibility index (Phi) is 4.34. The van der Waals surface area contributed by atoms with Crippen molar-refractivity contribution in [3.63, 3.8) is 0 Å². The summed E-state index contributed by atoms with van der Waals surface area (Å²) in [6.07, 6.45) is 2.87. The Labute approximate surface area is 86.4 Å². The predicted molar refractivity (Wildman–Crippen MR) is 58.0 cm³/mol. The van der Waals surface area contributed by atoms with Crippen molar-refractivity contribution in [1.29, 1.82) is 0 Å². The third kappa shape index (κ3) is 3.55. The first-order chi connectivity index (χ1) is 6.55. The SMILES string of the molecule is CN(CCCCN)C1CCS(=O)(=O)C1. The van der Waals surface area contributed by atoms with Gasteiger partial charge in [0, 0.05) is 6.04 Å². The van der Waals surface area contributed by atoms with Gasteiger partial charge in [-0.2, -0.15) is 0 Å². The maximum absolute atomic E-state index is 11.2. The van der Waals surface area contributed by atoms with E-state index < -0.39 is 9.84 Å². The number of unbranched alkanes of at least 4 members (excludes halogenated alkanes) is 1. The molecule has 0 saturated carbocycles. The second-order valence-corrected chi connectivity index (χ2v) is 6.26. The van der Waals surface area contributed by atoms with Crippen LogP contribution in [0.2, 0.25) is 0 Å². The van der Waals surface area contributed by atoms with Gasteiger partial charge >= 0.3 is 0 Å². The molecule has 1 saturated heterocycles. The van der Waals surface area contributed by atoms with Crippen LogP contribution in [-0.4, -0.2) is 51.0 Å². The number of hydrogen-bond donors (Lipinski definition) is 1. The van der Waals surface area contributed by atoms with E-state index in [0.717, 1.165) is 32.4 Å². The van der Waals surface area contributed by atoms with Gasteiger partial charge < -0.3 is 10.6 Å². The average molecular weight is 220 g/mol. The summed E-state index contributed by atoms with van der Waals surface area (Å²) in [4.78, 5) is 2.15. The molecule has 1 fully saturated rings. The molecule has 1 unspecified atom stereocenters. The van der Waals surface area contributed by atoms with Crippen molar-refractivity contribution in [3.8, 4) is 0 Å². The number of rotatable bonds is 5. The predicted octanol–water partition coefficient (Wildman–Crippen LogP) is -0.156. The van der Waals surface area contributed by atoms with Gasteiger partial charge in [-0.15, -0.1) is 0 Å². The van der Waals surface area contributed by atoms with Crippen LogP contribution in [0, 0.1) is 0 Å². The summed E-state index contributed by atoms with van der Waals surface area (Å²) in [6.45, 7) is 1.67. The molecule has 0 amide bonds. The highest BCUT2D eigenvalue weighted by Crippen LogP contribution is 2.16. The minimum Gasteiger partial charge on any atom is -0.330 e. The van der Waals surface area contributed by atoms with Crippen molar-refractivity contribution >= 4 is 9.84 Å². The second-order valence-electron chi connectivity index (χ2n) is 4.03. The fourth-order valence-electron chi connectivity index (χ4n) is 1.81. The minimum absolute atomic E-state index is 0.234. The summed E-state index contributed by atoms with van der Waals surface area (Å²) in [7, 11) is -0.735. The van der Waals surface area contributed by atoms with Crippen LogP contribution in [0.5, 0.6) is 0 Å². The van der Waals surface area contributed by atoms with Gasteiger partial charge in [0.2, 0.25) is 0 Å². The normalized spacial score (nSPS) is 25.8. The van der Waals surface area contributed by atoms with Crippen LogP contribution in [0.3, 0.4) is 0 Å². The monoisotopic (exact) mass is 220 g/mol. The summed E-state index contributed by atoms with van der Waals surface area (Å²) in [5.74, 6) is 0.699. The van der Waals surface area contributed by atoms with E-state index in [4.69, 9.17) is 5.73 Å². The molecule has 1 aliphatic rings. The lowest BCUT2D eigenvalue weighted by Gasteiger charge is -2.22. The quantitative estimate of drug-likeness (QED) is 0.654. The molecule has 0 aliphatic carbocycles. The largest absolute Gasteiger partial charge is 0.330 e. The molecule has 1 rings (SSSR count). The highest BCUT2D eigenvalue weighted by atomic mass is 32.2. The van der Waals surface area contributed by atoms with Gasteiger partial charge in [0.1, 0.15) is 0 Å². The van der Waals surface area contributed by atoms with Gasteiger partial charge in [0.05, 0.1) is 11.5 Å². The first-order valence-electron chi connectivity index (χ1n) is 5.16. The van der Waals surface area contributed by atoms with E-state index in [9.17, 15) is 8.42 Å². The number of sulfone groups is 1. The summed E-state index contributed by atoms with van der Waals surface area (Å²) in [5, 5.41) is 0. The standard InChI is InChI=1S/C9H20N2O2S/c1-11(6-3-2-5-10)9-4-7-14(12,13)8-9/h9H,2-8,10H2,1H3. The molecule has 2 N–H and O–H groups in total. The van der Waals surface area contributed by atoms with Crippen LogP contribution in [0.15, 0.2) is 0 Å². The summed E-state index contributed by atoms with van der Waals surface area (Å²) >= 11 is 0. The molecular weight excluding hydrogens is 200 g/mol. The van der Waals surface area contributed by atoms with Gasteiger partial charge in [-0.05, 0) is 39.4 Å². The summed E-state index contributed by atoms with van der Waals surface area (Å²) in [5.41, 5.74) is 5.40. The molecule has 84 valence electrons. The lowest BCUT2D eigenvalue weighted by molar-refractivity contribution is 0.257. The molecule has 0 aromatic rings. The van der Waals surface area contributed by atoms with Crippen LogP contribution in [-0.2, 0) is 9.84 Å². The first-order valence-corrected chi connectivity index (χ1v) is 6.98. The van der Waals surface area contributed by atoms with Crippen LogP contribution in [0.1, 0.15) is 19.3 Å². The Morgan fingerprint density at radius 1 is 1.43 bits per heavy atom. The highest BCUT2D eigenvalue weighted by Gasteiger charge is 2.30. The lowest BCUT2D eigenvalue weighted by Crippen LogP contribution is -2.33. The van der Waals surface area contributed by atoms with Gasteiger partial charge in [0.15, 0.2) is 9.84 Å². The maximum Gasteiger partial charge on any atom is 0.151 e. The van der Waals surface area contributed by atoms with Crippen LogP contribution in [0.25, 0.3) is 0 Å². The van der Waals surface area contributed by atoms with Crippen LogP contribution in [0.4, 0.5) is 0 Å². The van der Waals surface area contributed by atoms with Gasteiger partial charge in [-0.3, -0.25) is 0 Å². The Hall–Kier alpha value is -0.130. The molecule has 0 aromatic carbocycles. The molecule has 5 heteroatoms. The first kappa shape index (κ1) is 11.9. The molecule has 0 radical (unpaired) electrons. The molecule has 0 bridgehead atoms. The van der Waals surface area contributed by atoms with E-state index in [1.54, 1.807) is 0 Å². The summed E-state index contributed by atoms with van der Waals surface area (Å²) in [6, 6.07) is 0.234. The van der Waals surface area contributed by atoms with E-state index in [1.807, 2.05) is 7.05 Å². The zero-order chi connectivity index (χ0) is 10.6. The van der Waals surface area contributed by atoms with E-state index in [-0.39, 0.29) is 6.04 Å². The van der Waals surface area contributed by atoms with Crippen molar-refractivity contribution in [2.45, 2.75) is 25.3 Å². The van der Waals surface area contributed by atoms with Crippen molar-refractivity contribution in [1.82, 2.24) is 4.90 Å². The van der Waals surface area contributed by atoms with E-state index in [2.05, 4.69) is 4.90 Å². The molecule has 4 nitrogen and oxygen atoms in total. The van der Waals surface area contributed by atoms with Crippen molar-refractivity contribution in [2.24, 2.45) is 5.73 Å². The van der Waals surface area contributed by atoms with Crippen LogP contribution >= 0.6 is 0 Å². The molecule has 1 atom stereocenters. The summed E-state index contributed by atoms with van der Waals surface area (Å²) < 4.78 is 22.5. The van der Waals surface area contributed by atoms with Crippen molar-refractivity contribution < 1.29 is 8.42 Å². The van der Waals surface area contributed by atoms with Gasteiger partial charge in [0.25, 0.3) is 0 Å². The van der Waals surface area contributed by atoms with E-state index in [1.165, 1.54) is 0 Å². The molecule has 0 aromatic heterocycles.